The van der Waals surface area contributed by atoms with Gasteiger partial charge < -0.3 is 13.9 Å². The fourth-order valence-corrected chi connectivity index (χ4v) is 1.41. The van der Waals surface area contributed by atoms with Crippen molar-refractivity contribution in [3.8, 4) is 17.3 Å². The number of carbonyl (C=O) groups is 1. The van der Waals surface area contributed by atoms with E-state index in [4.69, 9.17) is 13.9 Å². The number of hydrogen-bond donors (Lipinski definition) is 0. The zero-order chi connectivity index (χ0) is 13.0. The summed E-state index contributed by atoms with van der Waals surface area (Å²) in [4.78, 5) is 19.5. The van der Waals surface area contributed by atoms with Crippen LogP contribution in [0.4, 0.5) is 0 Å². The molecule has 0 saturated heterocycles. The van der Waals surface area contributed by atoms with Crippen molar-refractivity contribution in [1.82, 2.24) is 9.97 Å². The third-order valence-corrected chi connectivity index (χ3v) is 2.18. The Hall–Kier alpha value is -2.37. The maximum Gasteiger partial charge on any atom is 0.360 e. The highest BCUT2D eigenvalue weighted by Crippen LogP contribution is 2.26. The number of esters is 1. The predicted octanol–water partition coefficient (Wildman–Crippen LogP) is 1.92. The first kappa shape index (κ1) is 12.1. The molecule has 0 saturated carbocycles. The van der Waals surface area contributed by atoms with Crippen LogP contribution in [0.15, 0.2) is 29.0 Å². The van der Waals surface area contributed by atoms with Crippen LogP contribution in [0.3, 0.4) is 0 Å². The SMILES string of the molecule is CCOC(=O)c1coc(-c2cccnc2OC)n1. The molecule has 0 aliphatic carbocycles. The molecule has 2 heterocycles. The number of carbonyl (C=O) groups excluding carboxylic acids is 1. The van der Waals surface area contributed by atoms with Gasteiger partial charge in [-0.25, -0.2) is 14.8 Å². The molecule has 2 aromatic heterocycles. The maximum atomic E-state index is 11.5. The Kier molecular flexibility index (Phi) is 3.57. The van der Waals surface area contributed by atoms with Crippen LogP contribution in [0.5, 0.6) is 5.88 Å². The Labute approximate surface area is 104 Å². The zero-order valence-electron chi connectivity index (χ0n) is 10.0. The summed E-state index contributed by atoms with van der Waals surface area (Å²) >= 11 is 0. The maximum absolute atomic E-state index is 11.5. The lowest BCUT2D eigenvalue weighted by molar-refractivity contribution is 0.0519. The van der Waals surface area contributed by atoms with Gasteiger partial charge in [0.1, 0.15) is 6.26 Å². The van der Waals surface area contributed by atoms with E-state index in [0.717, 1.165) is 0 Å². The third kappa shape index (κ3) is 2.32. The summed E-state index contributed by atoms with van der Waals surface area (Å²) in [6, 6.07) is 3.47. The average molecular weight is 248 g/mol. The van der Waals surface area contributed by atoms with Crippen LogP contribution < -0.4 is 4.74 Å². The lowest BCUT2D eigenvalue weighted by Crippen LogP contribution is -2.04. The van der Waals surface area contributed by atoms with Gasteiger partial charge in [0.2, 0.25) is 11.8 Å². The molecule has 0 spiro atoms. The topological polar surface area (TPSA) is 74.5 Å². The number of hydrogen-bond acceptors (Lipinski definition) is 6. The van der Waals surface area contributed by atoms with Gasteiger partial charge in [0.05, 0.1) is 19.3 Å². The minimum absolute atomic E-state index is 0.123. The second-order valence-corrected chi connectivity index (χ2v) is 3.32. The van der Waals surface area contributed by atoms with E-state index >= 15 is 0 Å². The number of nitrogens with zero attached hydrogens (tertiary/aromatic N) is 2. The molecule has 0 bridgehead atoms. The monoisotopic (exact) mass is 248 g/mol. The summed E-state index contributed by atoms with van der Waals surface area (Å²) < 4.78 is 15.1. The summed E-state index contributed by atoms with van der Waals surface area (Å²) in [6.07, 6.45) is 2.84. The first-order valence-corrected chi connectivity index (χ1v) is 5.38. The van der Waals surface area contributed by atoms with Crippen LogP contribution in [0.2, 0.25) is 0 Å². The van der Waals surface area contributed by atoms with Crippen molar-refractivity contribution in [3.63, 3.8) is 0 Å². The van der Waals surface area contributed by atoms with Crippen molar-refractivity contribution in [2.75, 3.05) is 13.7 Å². The first-order chi connectivity index (χ1) is 8.76. The predicted molar refractivity (Wildman–Crippen MR) is 62.2 cm³/mol. The summed E-state index contributed by atoms with van der Waals surface area (Å²) in [5.74, 6) is 0.133. The van der Waals surface area contributed by atoms with Crippen molar-refractivity contribution in [2.45, 2.75) is 6.92 Å². The molecule has 6 heteroatoms. The third-order valence-electron chi connectivity index (χ3n) is 2.18. The van der Waals surface area contributed by atoms with E-state index < -0.39 is 5.97 Å². The molecule has 0 N–H and O–H groups in total. The Morgan fingerprint density at radius 3 is 3.06 bits per heavy atom. The molecule has 0 radical (unpaired) electrons. The molecule has 94 valence electrons. The smallest absolute Gasteiger partial charge is 0.360 e. The summed E-state index contributed by atoms with van der Waals surface area (Å²) in [5, 5.41) is 0. The van der Waals surface area contributed by atoms with Gasteiger partial charge in [-0.15, -0.1) is 0 Å². The molecule has 0 aromatic carbocycles. The van der Waals surface area contributed by atoms with Gasteiger partial charge in [-0.1, -0.05) is 0 Å². The van der Waals surface area contributed by atoms with E-state index in [9.17, 15) is 4.79 Å². The normalized spacial score (nSPS) is 10.1. The quantitative estimate of drug-likeness (QED) is 0.769. The number of oxazole rings is 1. The van der Waals surface area contributed by atoms with E-state index in [0.29, 0.717) is 11.4 Å². The molecule has 0 aliphatic rings. The van der Waals surface area contributed by atoms with E-state index in [2.05, 4.69) is 9.97 Å². The first-order valence-electron chi connectivity index (χ1n) is 5.38. The minimum atomic E-state index is -0.518. The fourth-order valence-electron chi connectivity index (χ4n) is 1.41. The fraction of sp³-hybridized carbons (Fsp3) is 0.250. The highest BCUT2D eigenvalue weighted by molar-refractivity contribution is 5.87. The van der Waals surface area contributed by atoms with E-state index in [1.807, 2.05) is 0 Å². The van der Waals surface area contributed by atoms with E-state index in [-0.39, 0.29) is 18.2 Å². The van der Waals surface area contributed by atoms with Crippen LogP contribution in [-0.2, 0) is 4.74 Å². The van der Waals surface area contributed by atoms with Crippen LogP contribution in [0.1, 0.15) is 17.4 Å². The van der Waals surface area contributed by atoms with E-state index in [1.165, 1.54) is 13.4 Å². The van der Waals surface area contributed by atoms with Crippen molar-refractivity contribution < 1.29 is 18.7 Å². The van der Waals surface area contributed by atoms with Gasteiger partial charge in [-0.2, -0.15) is 0 Å². The van der Waals surface area contributed by atoms with Crippen molar-refractivity contribution in [3.05, 3.63) is 30.3 Å². The number of rotatable bonds is 4. The van der Waals surface area contributed by atoms with Gasteiger partial charge in [0, 0.05) is 6.20 Å². The second kappa shape index (κ2) is 5.31. The largest absolute Gasteiger partial charge is 0.480 e. The highest BCUT2D eigenvalue weighted by atomic mass is 16.5. The summed E-state index contributed by atoms with van der Waals surface area (Å²) in [6.45, 7) is 2.01. The molecular formula is C12H12N2O4. The molecule has 0 unspecified atom stereocenters. The standard InChI is InChI=1S/C12H12N2O4/c1-3-17-12(15)9-7-18-11(14-9)8-5-4-6-13-10(8)16-2/h4-7H,3H2,1-2H3. The second-order valence-electron chi connectivity index (χ2n) is 3.32. The molecule has 6 nitrogen and oxygen atoms in total. The van der Waals surface area contributed by atoms with Crippen molar-refractivity contribution in [1.29, 1.82) is 0 Å². The van der Waals surface area contributed by atoms with E-state index in [1.54, 1.807) is 25.3 Å². The molecule has 0 atom stereocenters. The minimum Gasteiger partial charge on any atom is -0.480 e. The number of methoxy groups -OCH3 is 1. The molecule has 18 heavy (non-hydrogen) atoms. The van der Waals surface area contributed by atoms with Gasteiger partial charge in [-0.3, -0.25) is 0 Å². The van der Waals surface area contributed by atoms with Gasteiger partial charge in [-0.05, 0) is 19.1 Å². The number of pyridine rings is 1. The van der Waals surface area contributed by atoms with Gasteiger partial charge in [0.25, 0.3) is 0 Å². The number of aromatic nitrogens is 2. The Morgan fingerprint density at radius 1 is 1.50 bits per heavy atom. The van der Waals surface area contributed by atoms with Gasteiger partial charge >= 0.3 is 5.97 Å². The summed E-state index contributed by atoms with van der Waals surface area (Å²) in [7, 11) is 1.50. The van der Waals surface area contributed by atoms with Gasteiger partial charge in [0.15, 0.2) is 5.69 Å². The average Bonchev–Trinajstić information content (AvgIpc) is 2.88. The van der Waals surface area contributed by atoms with Crippen molar-refractivity contribution >= 4 is 5.97 Å². The van der Waals surface area contributed by atoms with Crippen LogP contribution in [0.25, 0.3) is 11.5 Å². The zero-order valence-corrected chi connectivity index (χ0v) is 10.0. The summed E-state index contributed by atoms with van der Waals surface area (Å²) in [5.41, 5.74) is 0.702. The highest BCUT2D eigenvalue weighted by Gasteiger charge is 2.17. The van der Waals surface area contributed by atoms with Crippen LogP contribution in [-0.4, -0.2) is 29.7 Å². The lowest BCUT2D eigenvalue weighted by atomic mass is 10.3. The van der Waals surface area contributed by atoms with Crippen LogP contribution >= 0.6 is 0 Å². The van der Waals surface area contributed by atoms with Crippen molar-refractivity contribution in [2.24, 2.45) is 0 Å². The molecule has 0 amide bonds. The molecule has 2 aromatic rings. The Morgan fingerprint density at radius 2 is 2.33 bits per heavy atom. The molecule has 2 rings (SSSR count). The number of ether oxygens (including phenoxy) is 2. The molecule has 0 fully saturated rings. The molecule has 0 aliphatic heterocycles. The lowest BCUT2D eigenvalue weighted by Gasteiger charge is -2.02. The molecular weight excluding hydrogens is 236 g/mol. The Bertz CT molecular complexity index is 551. The Balaban J connectivity index is 2.32. The van der Waals surface area contributed by atoms with Crippen LogP contribution in [0, 0.1) is 0 Å².